The average molecular weight is 406 g/mol. The Morgan fingerprint density at radius 1 is 1.13 bits per heavy atom. The minimum absolute atomic E-state index is 0.00694. The molecule has 30 heavy (non-hydrogen) atoms. The lowest BCUT2D eigenvalue weighted by molar-refractivity contribution is -0.144. The first-order chi connectivity index (χ1) is 14.6. The summed E-state index contributed by atoms with van der Waals surface area (Å²) in [5, 5.41) is 0. The van der Waals surface area contributed by atoms with Crippen molar-refractivity contribution in [3.8, 4) is 11.1 Å². The fourth-order valence-corrected chi connectivity index (χ4v) is 6.14. The highest BCUT2D eigenvalue weighted by atomic mass is 19.1. The highest BCUT2D eigenvalue weighted by Crippen LogP contribution is 2.53. The van der Waals surface area contributed by atoms with E-state index in [1.54, 1.807) is 12.3 Å². The fraction of sp³-hybridized carbons (Fsp3) is 0.462. The number of esters is 1. The number of aromatic nitrogens is 1. The summed E-state index contributed by atoms with van der Waals surface area (Å²) in [5.41, 5.74) is 2.62. The van der Waals surface area contributed by atoms with Crippen LogP contribution in [0.1, 0.15) is 44.7 Å². The monoisotopic (exact) mass is 405 g/mol. The van der Waals surface area contributed by atoms with E-state index in [1.807, 2.05) is 18.2 Å². The van der Waals surface area contributed by atoms with Crippen LogP contribution in [0.2, 0.25) is 0 Å². The van der Waals surface area contributed by atoms with E-state index in [9.17, 15) is 9.18 Å². The zero-order valence-corrected chi connectivity index (χ0v) is 17.3. The van der Waals surface area contributed by atoms with Crippen molar-refractivity contribution in [1.82, 2.24) is 4.98 Å². The molecule has 0 spiro atoms. The van der Waals surface area contributed by atoms with E-state index >= 15 is 0 Å². The standard InChI is InChI=1S/C26H28FNO2/c1-16-25-23(22-8-3-2-5-18(22)14-24(25)26(29)30-16)12-11-21-10-9-19(15-28-21)17-6-4-7-20(27)13-17/h4,6-7,9-13,15-16,18,22-25H,2-3,5,8,14H2,1H3/b12-11+/t16-,18?,22?,23?,24?,25+/m0/s1. The molecule has 1 saturated heterocycles. The molecule has 6 atom stereocenters. The summed E-state index contributed by atoms with van der Waals surface area (Å²) in [7, 11) is 0. The van der Waals surface area contributed by atoms with Crippen molar-refractivity contribution < 1.29 is 13.9 Å². The number of fused-ring (bicyclic) bond motifs is 2. The quantitative estimate of drug-likeness (QED) is 0.597. The number of hydrogen-bond acceptors (Lipinski definition) is 3. The van der Waals surface area contributed by atoms with Crippen LogP contribution in [0.25, 0.3) is 17.2 Å². The molecule has 156 valence electrons. The van der Waals surface area contributed by atoms with Crippen LogP contribution in [-0.2, 0) is 9.53 Å². The van der Waals surface area contributed by atoms with Crippen molar-refractivity contribution in [3.05, 3.63) is 60.2 Å². The summed E-state index contributed by atoms with van der Waals surface area (Å²) in [5.74, 6) is 1.73. The molecular formula is C26H28FNO2. The molecule has 1 aliphatic heterocycles. The Morgan fingerprint density at radius 2 is 2.00 bits per heavy atom. The van der Waals surface area contributed by atoms with Crippen LogP contribution in [0, 0.1) is 35.4 Å². The molecule has 0 radical (unpaired) electrons. The Morgan fingerprint density at radius 3 is 2.80 bits per heavy atom. The van der Waals surface area contributed by atoms with Gasteiger partial charge in [0.25, 0.3) is 0 Å². The molecule has 0 bridgehead atoms. The summed E-state index contributed by atoms with van der Waals surface area (Å²) in [6, 6.07) is 10.5. The molecule has 2 aliphatic carbocycles. The highest BCUT2D eigenvalue weighted by molar-refractivity contribution is 5.75. The largest absolute Gasteiger partial charge is 0.462 e. The molecule has 2 saturated carbocycles. The number of hydrogen-bond donors (Lipinski definition) is 0. The van der Waals surface area contributed by atoms with Crippen LogP contribution in [0.3, 0.4) is 0 Å². The maximum Gasteiger partial charge on any atom is 0.309 e. The number of benzene rings is 1. The first kappa shape index (κ1) is 19.5. The normalized spacial score (nSPS) is 33.2. The number of pyridine rings is 1. The predicted molar refractivity (Wildman–Crippen MR) is 115 cm³/mol. The molecular weight excluding hydrogens is 377 g/mol. The Bertz CT molecular complexity index is 954. The summed E-state index contributed by atoms with van der Waals surface area (Å²) < 4.78 is 19.1. The van der Waals surface area contributed by atoms with E-state index in [1.165, 1.54) is 37.8 Å². The van der Waals surface area contributed by atoms with Gasteiger partial charge in [-0.3, -0.25) is 9.78 Å². The average Bonchev–Trinajstić information content (AvgIpc) is 3.05. The van der Waals surface area contributed by atoms with Crippen molar-refractivity contribution in [2.75, 3.05) is 0 Å². The number of nitrogens with zero attached hydrogens (tertiary/aromatic N) is 1. The van der Waals surface area contributed by atoms with E-state index < -0.39 is 0 Å². The number of ether oxygens (including phenoxy) is 1. The second-order valence-corrected chi connectivity index (χ2v) is 9.19. The molecule has 3 nitrogen and oxygen atoms in total. The number of rotatable bonds is 3. The van der Waals surface area contributed by atoms with Gasteiger partial charge in [0.1, 0.15) is 11.9 Å². The maximum atomic E-state index is 13.5. The molecule has 0 amide bonds. The van der Waals surface area contributed by atoms with E-state index in [0.29, 0.717) is 17.8 Å². The lowest BCUT2D eigenvalue weighted by atomic mass is 9.57. The highest BCUT2D eigenvalue weighted by Gasteiger charge is 2.53. The number of cyclic esters (lactones) is 1. The van der Waals surface area contributed by atoms with Gasteiger partial charge in [0.2, 0.25) is 0 Å². The summed E-state index contributed by atoms with van der Waals surface area (Å²) >= 11 is 0. The molecule has 1 aromatic heterocycles. The summed E-state index contributed by atoms with van der Waals surface area (Å²) in [6.45, 7) is 2.05. The second kappa shape index (κ2) is 7.98. The van der Waals surface area contributed by atoms with Gasteiger partial charge in [0.15, 0.2) is 0 Å². The van der Waals surface area contributed by atoms with Gasteiger partial charge in [-0.05, 0) is 67.4 Å². The zero-order chi connectivity index (χ0) is 20.7. The Kier molecular flexibility index (Phi) is 5.18. The Labute approximate surface area is 177 Å². The van der Waals surface area contributed by atoms with Crippen LogP contribution >= 0.6 is 0 Å². The van der Waals surface area contributed by atoms with Gasteiger partial charge in [-0.25, -0.2) is 4.39 Å². The van der Waals surface area contributed by atoms with Gasteiger partial charge in [0.05, 0.1) is 11.6 Å². The van der Waals surface area contributed by atoms with Crippen LogP contribution in [-0.4, -0.2) is 17.1 Å². The molecule has 3 fully saturated rings. The predicted octanol–water partition coefficient (Wildman–Crippen LogP) is 5.90. The van der Waals surface area contributed by atoms with Gasteiger partial charge in [0, 0.05) is 17.7 Å². The van der Waals surface area contributed by atoms with Crippen LogP contribution < -0.4 is 0 Å². The number of halogens is 1. The summed E-state index contributed by atoms with van der Waals surface area (Å²) in [4.78, 5) is 17.0. The minimum atomic E-state index is -0.243. The van der Waals surface area contributed by atoms with E-state index in [-0.39, 0.29) is 29.7 Å². The van der Waals surface area contributed by atoms with Crippen molar-refractivity contribution in [1.29, 1.82) is 0 Å². The second-order valence-electron chi connectivity index (χ2n) is 9.19. The fourth-order valence-electron chi connectivity index (χ4n) is 6.14. The molecule has 5 rings (SSSR count). The van der Waals surface area contributed by atoms with Crippen molar-refractivity contribution in [2.24, 2.45) is 29.6 Å². The summed E-state index contributed by atoms with van der Waals surface area (Å²) in [6.07, 6.45) is 12.2. The third-order valence-electron chi connectivity index (χ3n) is 7.51. The Hall–Kier alpha value is -2.49. The van der Waals surface area contributed by atoms with Crippen molar-refractivity contribution in [3.63, 3.8) is 0 Å². The number of carbonyl (C=O) groups excluding carboxylic acids is 1. The number of allylic oxidation sites excluding steroid dienone is 1. The maximum absolute atomic E-state index is 13.5. The van der Waals surface area contributed by atoms with E-state index in [2.05, 4.69) is 24.1 Å². The molecule has 2 heterocycles. The third kappa shape index (κ3) is 3.57. The van der Waals surface area contributed by atoms with Gasteiger partial charge in [-0.2, -0.15) is 0 Å². The van der Waals surface area contributed by atoms with Gasteiger partial charge in [-0.1, -0.05) is 43.5 Å². The third-order valence-corrected chi connectivity index (χ3v) is 7.51. The van der Waals surface area contributed by atoms with Crippen molar-refractivity contribution in [2.45, 2.75) is 45.1 Å². The molecule has 0 N–H and O–H groups in total. The van der Waals surface area contributed by atoms with Gasteiger partial charge in [-0.15, -0.1) is 0 Å². The minimum Gasteiger partial charge on any atom is -0.462 e. The zero-order valence-electron chi connectivity index (χ0n) is 17.3. The smallest absolute Gasteiger partial charge is 0.309 e. The first-order valence-electron chi connectivity index (χ1n) is 11.2. The molecule has 2 aromatic rings. The van der Waals surface area contributed by atoms with E-state index in [0.717, 1.165) is 23.2 Å². The molecule has 3 aliphatic rings. The molecule has 4 heteroatoms. The van der Waals surface area contributed by atoms with Gasteiger partial charge < -0.3 is 4.74 Å². The SMILES string of the molecule is C[C@@H]1OC(=O)C2CC3CCCCC3C(/C=C/c3ccc(-c4cccc(F)c4)cn3)[C@H]21. The molecule has 4 unspecified atom stereocenters. The van der Waals surface area contributed by atoms with Gasteiger partial charge >= 0.3 is 5.97 Å². The Balaban J connectivity index is 1.39. The van der Waals surface area contributed by atoms with Crippen molar-refractivity contribution >= 4 is 12.0 Å². The van der Waals surface area contributed by atoms with Crippen LogP contribution in [0.4, 0.5) is 4.39 Å². The van der Waals surface area contributed by atoms with E-state index in [4.69, 9.17) is 4.74 Å². The lowest BCUT2D eigenvalue weighted by Gasteiger charge is -2.45. The lowest BCUT2D eigenvalue weighted by Crippen LogP contribution is -2.42. The first-order valence-corrected chi connectivity index (χ1v) is 11.2. The molecule has 1 aromatic carbocycles. The topological polar surface area (TPSA) is 39.2 Å². The van der Waals surface area contributed by atoms with Crippen LogP contribution in [0.15, 0.2) is 48.7 Å². The number of carbonyl (C=O) groups is 1. The van der Waals surface area contributed by atoms with Crippen LogP contribution in [0.5, 0.6) is 0 Å².